The number of ether oxygens (including phenoxy) is 1. The van der Waals surface area contributed by atoms with Crippen LogP contribution in [-0.2, 0) is 20.9 Å². The molecule has 0 aliphatic rings. The minimum atomic E-state index is -1.05. The van der Waals surface area contributed by atoms with Gasteiger partial charge < -0.3 is 20.5 Å². The van der Waals surface area contributed by atoms with E-state index in [4.69, 9.17) is 16.3 Å². The zero-order chi connectivity index (χ0) is 20.6. The number of aliphatic carboxylic acids is 1. The number of carbonyl (C=O) groups excluding carboxylic acids is 2. The van der Waals surface area contributed by atoms with Crippen molar-refractivity contribution in [2.75, 3.05) is 6.54 Å². The van der Waals surface area contributed by atoms with Gasteiger partial charge in [0.25, 0.3) is 0 Å². The number of terminal acetylenes is 1. The van der Waals surface area contributed by atoms with Crippen molar-refractivity contribution in [2.24, 2.45) is 0 Å². The van der Waals surface area contributed by atoms with Gasteiger partial charge in [-0.3, -0.25) is 4.79 Å². The van der Waals surface area contributed by atoms with Gasteiger partial charge in [-0.25, -0.2) is 9.59 Å². The van der Waals surface area contributed by atoms with Crippen molar-refractivity contribution >= 4 is 18.0 Å². The van der Waals surface area contributed by atoms with Gasteiger partial charge in [-0.05, 0) is 31.2 Å². The molecule has 7 nitrogen and oxygen atoms in total. The summed E-state index contributed by atoms with van der Waals surface area (Å²) in [6.07, 6.45) is 8.33. The Balaban J connectivity index is 2.07. The maximum atomic E-state index is 11.8. The third kappa shape index (κ3) is 10.9. The molecule has 7 heteroatoms. The highest BCUT2D eigenvalue weighted by molar-refractivity contribution is 5.83. The summed E-state index contributed by atoms with van der Waals surface area (Å²) in [7, 11) is 0. The number of benzene rings is 1. The number of hydrogen-bond donors (Lipinski definition) is 3. The third-order valence-electron chi connectivity index (χ3n) is 4.01. The van der Waals surface area contributed by atoms with E-state index in [1.807, 2.05) is 30.3 Å². The molecule has 0 aliphatic heterocycles. The Morgan fingerprint density at radius 3 is 2.54 bits per heavy atom. The van der Waals surface area contributed by atoms with Gasteiger partial charge in [-0.15, -0.1) is 12.3 Å². The predicted molar refractivity (Wildman–Crippen MR) is 105 cm³/mol. The summed E-state index contributed by atoms with van der Waals surface area (Å²) in [6.45, 7) is 0.679. The highest BCUT2D eigenvalue weighted by Crippen LogP contribution is 2.04. The van der Waals surface area contributed by atoms with Crippen LogP contribution in [0.25, 0.3) is 0 Å². The molecular formula is C21H28N2O5. The first kappa shape index (κ1) is 23.0. The molecule has 2 amide bonds. The summed E-state index contributed by atoms with van der Waals surface area (Å²) in [6, 6.07) is 8.50. The zero-order valence-corrected chi connectivity index (χ0v) is 16.0. The summed E-state index contributed by atoms with van der Waals surface area (Å²) < 4.78 is 5.10. The largest absolute Gasteiger partial charge is 0.480 e. The zero-order valence-electron chi connectivity index (χ0n) is 16.0. The Morgan fingerprint density at radius 2 is 1.86 bits per heavy atom. The number of alkyl carbamates (subject to hydrolysis) is 1. The number of carbonyl (C=O) groups is 3. The normalized spacial score (nSPS) is 11.1. The Morgan fingerprint density at radius 1 is 1.11 bits per heavy atom. The second-order valence-corrected chi connectivity index (χ2v) is 6.35. The fourth-order valence-electron chi connectivity index (χ4n) is 2.48. The van der Waals surface area contributed by atoms with Crippen molar-refractivity contribution in [3.63, 3.8) is 0 Å². The fourth-order valence-corrected chi connectivity index (χ4v) is 2.48. The highest BCUT2D eigenvalue weighted by Gasteiger charge is 2.18. The van der Waals surface area contributed by atoms with Crippen LogP contribution in [-0.4, -0.2) is 35.7 Å². The van der Waals surface area contributed by atoms with E-state index in [9.17, 15) is 14.4 Å². The molecular weight excluding hydrogens is 360 g/mol. The number of carboxylic acid groups (broad SMARTS) is 1. The molecule has 152 valence electrons. The maximum Gasteiger partial charge on any atom is 0.407 e. The van der Waals surface area contributed by atoms with Crippen LogP contribution in [0, 0.1) is 12.3 Å². The summed E-state index contributed by atoms with van der Waals surface area (Å²) in [5.74, 6) is 1.11. The van der Waals surface area contributed by atoms with Crippen LogP contribution < -0.4 is 10.6 Å². The molecule has 0 spiro atoms. The minimum Gasteiger partial charge on any atom is -0.480 e. The first-order valence-corrected chi connectivity index (χ1v) is 9.43. The summed E-state index contributed by atoms with van der Waals surface area (Å²) in [5.41, 5.74) is 0.919. The topological polar surface area (TPSA) is 105 Å². The van der Waals surface area contributed by atoms with Gasteiger partial charge in [-0.1, -0.05) is 36.8 Å². The second kappa shape index (κ2) is 14.1. The Labute approximate surface area is 165 Å². The van der Waals surface area contributed by atoms with Gasteiger partial charge in [-0.2, -0.15) is 0 Å². The second-order valence-electron chi connectivity index (χ2n) is 6.35. The number of rotatable bonds is 13. The van der Waals surface area contributed by atoms with Crippen LogP contribution in [0.4, 0.5) is 4.79 Å². The van der Waals surface area contributed by atoms with Crippen LogP contribution in [0.5, 0.6) is 0 Å². The van der Waals surface area contributed by atoms with E-state index in [-0.39, 0.29) is 18.9 Å². The Bertz CT molecular complexity index is 655. The molecule has 0 bridgehead atoms. The fraction of sp³-hybridized carbons (Fsp3) is 0.476. The van der Waals surface area contributed by atoms with Gasteiger partial charge >= 0.3 is 12.1 Å². The van der Waals surface area contributed by atoms with Gasteiger partial charge in [0.05, 0.1) is 0 Å². The van der Waals surface area contributed by atoms with E-state index >= 15 is 0 Å². The molecule has 1 atom stereocenters. The lowest BCUT2D eigenvalue weighted by Gasteiger charge is -2.13. The maximum absolute atomic E-state index is 11.8. The smallest absolute Gasteiger partial charge is 0.407 e. The van der Waals surface area contributed by atoms with Crippen molar-refractivity contribution in [1.82, 2.24) is 10.6 Å². The van der Waals surface area contributed by atoms with Crippen molar-refractivity contribution < 1.29 is 24.2 Å². The lowest BCUT2D eigenvalue weighted by Crippen LogP contribution is -2.40. The van der Waals surface area contributed by atoms with Crippen LogP contribution in [0.2, 0.25) is 0 Å². The van der Waals surface area contributed by atoms with Crippen LogP contribution in [0.1, 0.15) is 50.5 Å². The number of nitrogens with one attached hydrogen (secondary N) is 2. The van der Waals surface area contributed by atoms with Crippen LogP contribution in [0.3, 0.4) is 0 Å². The van der Waals surface area contributed by atoms with E-state index in [1.54, 1.807) is 0 Å². The average molecular weight is 388 g/mol. The van der Waals surface area contributed by atoms with E-state index in [2.05, 4.69) is 16.6 Å². The first-order chi connectivity index (χ1) is 13.5. The standard InChI is InChI=1S/C21H28N2O5/c1-2-3-6-13-18(20(25)26)23-19(24)14-9-5-10-15-22-21(27)28-16-17-11-7-4-8-12-17/h1,4,7-8,11-12,18H,3,5-6,9-10,13-16H2,(H,22,27)(H,23,24)(H,25,26)/t18-/m1/s1. The summed E-state index contributed by atoms with van der Waals surface area (Å²) in [5, 5.41) is 14.3. The molecule has 28 heavy (non-hydrogen) atoms. The van der Waals surface area contributed by atoms with Crippen molar-refractivity contribution in [3.8, 4) is 12.3 Å². The molecule has 3 N–H and O–H groups in total. The number of amides is 2. The van der Waals surface area contributed by atoms with Gasteiger partial charge in [0.15, 0.2) is 0 Å². The Kier molecular flexibility index (Phi) is 11.6. The average Bonchev–Trinajstić information content (AvgIpc) is 2.69. The molecule has 1 aromatic rings. The quantitative estimate of drug-likeness (QED) is 0.356. The van der Waals surface area contributed by atoms with E-state index < -0.39 is 18.1 Å². The van der Waals surface area contributed by atoms with Crippen molar-refractivity contribution in [1.29, 1.82) is 0 Å². The molecule has 0 aliphatic carbocycles. The molecule has 0 unspecified atom stereocenters. The molecule has 0 fully saturated rings. The van der Waals surface area contributed by atoms with Gasteiger partial charge in [0, 0.05) is 19.4 Å². The third-order valence-corrected chi connectivity index (χ3v) is 4.01. The highest BCUT2D eigenvalue weighted by atomic mass is 16.5. The van der Waals surface area contributed by atoms with Crippen LogP contribution in [0.15, 0.2) is 30.3 Å². The lowest BCUT2D eigenvalue weighted by atomic mass is 10.1. The van der Waals surface area contributed by atoms with Gasteiger partial charge in [0.2, 0.25) is 5.91 Å². The molecule has 0 saturated carbocycles. The van der Waals surface area contributed by atoms with E-state index in [1.165, 1.54) is 0 Å². The first-order valence-electron chi connectivity index (χ1n) is 9.43. The molecule has 0 heterocycles. The lowest BCUT2D eigenvalue weighted by molar-refractivity contribution is -0.142. The molecule has 0 aromatic heterocycles. The molecule has 1 rings (SSSR count). The monoisotopic (exact) mass is 388 g/mol. The van der Waals surface area contributed by atoms with Crippen molar-refractivity contribution in [2.45, 2.75) is 57.6 Å². The van der Waals surface area contributed by atoms with E-state index in [0.29, 0.717) is 38.6 Å². The van der Waals surface area contributed by atoms with E-state index in [0.717, 1.165) is 12.0 Å². The minimum absolute atomic E-state index is 0.221. The molecule has 1 aromatic carbocycles. The number of carboxylic acids is 1. The Hall–Kier alpha value is -3.01. The number of unbranched alkanes of at least 4 members (excludes halogenated alkanes) is 3. The number of hydrogen-bond acceptors (Lipinski definition) is 4. The van der Waals surface area contributed by atoms with Crippen molar-refractivity contribution in [3.05, 3.63) is 35.9 Å². The van der Waals surface area contributed by atoms with Gasteiger partial charge in [0.1, 0.15) is 12.6 Å². The predicted octanol–water partition coefficient (Wildman–Crippen LogP) is 2.85. The molecule has 0 saturated heterocycles. The SMILES string of the molecule is C#CCCC[C@@H](NC(=O)CCCCCNC(=O)OCc1ccccc1)C(=O)O. The molecule has 0 radical (unpaired) electrons. The van der Waals surface area contributed by atoms with Crippen LogP contribution >= 0.6 is 0 Å². The summed E-state index contributed by atoms with van der Waals surface area (Å²) >= 11 is 0. The summed E-state index contributed by atoms with van der Waals surface area (Å²) in [4.78, 5) is 34.6.